The number of benzene rings is 4. The zero-order valence-electron chi connectivity index (χ0n) is 18.9. The quantitative estimate of drug-likeness (QED) is 0.168. The Morgan fingerprint density at radius 3 is 0.750 bits per heavy atom. The Balaban J connectivity index is 1.66. The molecule has 178 valence electrons. The Kier molecular flexibility index (Phi) is 8.33. The summed E-state index contributed by atoms with van der Waals surface area (Å²) in [5.74, 6) is -2.27. The first-order chi connectivity index (χ1) is 17.6. The predicted octanol–water partition coefficient (Wildman–Crippen LogP) is 6.16. The first kappa shape index (κ1) is 25.0. The average Bonchev–Trinajstić information content (AvgIpc) is 2.96. The smallest absolute Gasteiger partial charge is 0.268 e. The second-order valence-corrected chi connectivity index (χ2v) is 9.35. The van der Waals surface area contributed by atoms with Gasteiger partial charge in [-0.2, -0.15) is 0 Å². The second kappa shape index (κ2) is 12.0. The second-order valence-electron chi connectivity index (χ2n) is 7.42. The molecule has 6 nitrogen and oxygen atoms in total. The highest BCUT2D eigenvalue weighted by molar-refractivity contribution is 8.75. The maximum atomic E-state index is 13.3. The third kappa shape index (κ3) is 5.91. The van der Waals surface area contributed by atoms with E-state index < -0.39 is 23.6 Å². The van der Waals surface area contributed by atoms with Gasteiger partial charge in [-0.25, -0.2) is 8.61 Å². The van der Waals surface area contributed by atoms with Gasteiger partial charge in [0.2, 0.25) is 0 Å². The predicted molar refractivity (Wildman–Crippen MR) is 142 cm³/mol. The highest BCUT2D eigenvalue weighted by atomic mass is 33.1. The molecular weight excluding hydrogens is 492 g/mol. The van der Waals surface area contributed by atoms with E-state index in [2.05, 4.69) is 0 Å². The van der Waals surface area contributed by atoms with Gasteiger partial charge in [0.25, 0.3) is 23.6 Å². The van der Waals surface area contributed by atoms with Crippen LogP contribution in [0.5, 0.6) is 0 Å². The van der Waals surface area contributed by atoms with Gasteiger partial charge in [-0.15, -0.1) is 0 Å². The van der Waals surface area contributed by atoms with E-state index in [1.54, 1.807) is 121 Å². The van der Waals surface area contributed by atoms with Gasteiger partial charge in [-0.05, 0) is 48.5 Å². The number of rotatable bonds is 7. The van der Waals surface area contributed by atoms with Crippen molar-refractivity contribution in [3.05, 3.63) is 144 Å². The summed E-state index contributed by atoms with van der Waals surface area (Å²) < 4.78 is 1.91. The monoisotopic (exact) mass is 512 g/mol. The van der Waals surface area contributed by atoms with Crippen molar-refractivity contribution in [1.29, 1.82) is 0 Å². The SMILES string of the molecule is O=C(c1ccccc1)N(SSN(C(=O)c1ccccc1)C(=O)c1ccccc1)C(=O)c1ccccc1. The van der Waals surface area contributed by atoms with Crippen LogP contribution in [0.3, 0.4) is 0 Å². The van der Waals surface area contributed by atoms with Crippen LogP contribution in [0.2, 0.25) is 0 Å². The van der Waals surface area contributed by atoms with Crippen LogP contribution in [0.25, 0.3) is 0 Å². The Labute approximate surface area is 216 Å². The molecule has 0 fully saturated rings. The zero-order valence-corrected chi connectivity index (χ0v) is 20.5. The lowest BCUT2D eigenvalue weighted by Gasteiger charge is -2.23. The maximum absolute atomic E-state index is 13.3. The van der Waals surface area contributed by atoms with E-state index in [4.69, 9.17) is 0 Å². The lowest BCUT2D eigenvalue weighted by Crippen LogP contribution is -2.34. The minimum Gasteiger partial charge on any atom is -0.268 e. The van der Waals surface area contributed by atoms with Gasteiger partial charge >= 0.3 is 0 Å². The number of carbonyl (C=O) groups excluding carboxylic acids is 4. The zero-order chi connectivity index (χ0) is 25.3. The summed E-state index contributed by atoms with van der Waals surface area (Å²) in [5, 5.41) is 0. The van der Waals surface area contributed by atoms with Crippen molar-refractivity contribution < 1.29 is 19.2 Å². The van der Waals surface area contributed by atoms with E-state index in [1.165, 1.54) is 0 Å². The molecule has 0 aliphatic rings. The van der Waals surface area contributed by atoms with Crippen LogP contribution in [0.1, 0.15) is 41.4 Å². The Morgan fingerprint density at radius 2 is 0.556 bits per heavy atom. The van der Waals surface area contributed by atoms with Crippen molar-refractivity contribution in [2.75, 3.05) is 0 Å². The highest BCUT2D eigenvalue weighted by Gasteiger charge is 2.31. The Bertz CT molecular complexity index is 1140. The number of imide groups is 2. The van der Waals surface area contributed by atoms with Crippen LogP contribution in [0.4, 0.5) is 0 Å². The topological polar surface area (TPSA) is 74.8 Å². The van der Waals surface area contributed by atoms with Crippen molar-refractivity contribution in [2.45, 2.75) is 0 Å². The third-order valence-electron chi connectivity index (χ3n) is 5.00. The summed E-state index contributed by atoms with van der Waals surface area (Å²) in [4.78, 5) is 53.3. The Hall–Kier alpha value is -4.14. The molecule has 4 amide bonds. The van der Waals surface area contributed by atoms with Gasteiger partial charge < -0.3 is 0 Å². The van der Waals surface area contributed by atoms with Crippen molar-refractivity contribution in [1.82, 2.24) is 8.61 Å². The molecule has 0 saturated heterocycles. The average molecular weight is 513 g/mol. The molecule has 0 aliphatic heterocycles. The molecule has 4 rings (SSSR count). The number of nitrogens with zero attached hydrogens (tertiary/aromatic N) is 2. The van der Waals surface area contributed by atoms with E-state index in [0.717, 1.165) is 8.61 Å². The molecule has 0 bridgehead atoms. The molecule has 0 aromatic heterocycles. The van der Waals surface area contributed by atoms with E-state index >= 15 is 0 Å². The first-order valence-corrected chi connectivity index (χ1v) is 12.9. The molecule has 4 aromatic carbocycles. The first-order valence-electron chi connectivity index (χ1n) is 10.9. The maximum Gasteiger partial charge on any atom is 0.271 e. The summed E-state index contributed by atoms with van der Waals surface area (Å²) in [7, 11) is 1.43. The van der Waals surface area contributed by atoms with Gasteiger partial charge in [-0.3, -0.25) is 19.2 Å². The molecule has 0 spiro atoms. The van der Waals surface area contributed by atoms with E-state index in [1.807, 2.05) is 0 Å². The van der Waals surface area contributed by atoms with E-state index in [9.17, 15) is 19.2 Å². The highest BCUT2D eigenvalue weighted by Crippen LogP contribution is 2.35. The van der Waals surface area contributed by atoms with Gasteiger partial charge in [0.15, 0.2) is 0 Å². The molecule has 36 heavy (non-hydrogen) atoms. The molecular formula is C28H20N2O4S2. The molecule has 4 aromatic rings. The van der Waals surface area contributed by atoms with Crippen LogP contribution in [-0.2, 0) is 0 Å². The van der Waals surface area contributed by atoms with Crippen molar-refractivity contribution in [2.24, 2.45) is 0 Å². The summed E-state index contributed by atoms with van der Waals surface area (Å²) >= 11 is 0. The fraction of sp³-hybridized carbons (Fsp3) is 0. The van der Waals surface area contributed by atoms with E-state index in [0.29, 0.717) is 44.2 Å². The lowest BCUT2D eigenvalue weighted by atomic mass is 10.2. The molecule has 8 heteroatoms. The molecule has 0 heterocycles. The standard InChI is InChI=1S/C28H20N2O4S2/c31-25(21-13-5-1-6-14-21)29(26(32)22-15-7-2-8-16-22)35-36-30(27(33)23-17-9-3-10-18-23)28(34)24-19-11-4-12-20-24/h1-20H. The van der Waals surface area contributed by atoms with Gasteiger partial charge in [-0.1, -0.05) is 72.8 Å². The normalized spacial score (nSPS) is 10.3. The minimum absolute atomic E-state index is 0.296. The molecule has 0 radical (unpaired) electrons. The molecule has 0 atom stereocenters. The third-order valence-corrected chi connectivity index (χ3v) is 7.13. The van der Waals surface area contributed by atoms with Crippen molar-refractivity contribution in [3.63, 3.8) is 0 Å². The van der Waals surface area contributed by atoms with Crippen LogP contribution in [0.15, 0.2) is 121 Å². The number of hydrogen-bond acceptors (Lipinski definition) is 6. The van der Waals surface area contributed by atoms with Crippen molar-refractivity contribution in [3.8, 4) is 0 Å². The van der Waals surface area contributed by atoms with E-state index in [-0.39, 0.29) is 0 Å². The minimum atomic E-state index is -0.568. The largest absolute Gasteiger partial charge is 0.271 e. The molecule has 0 aliphatic carbocycles. The van der Waals surface area contributed by atoms with Crippen LogP contribution in [0, 0.1) is 0 Å². The fourth-order valence-electron chi connectivity index (χ4n) is 3.18. The molecule has 0 N–H and O–H groups in total. The lowest BCUT2D eigenvalue weighted by molar-refractivity contribution is 0.0723. The van der Waals surface area contributed by atoms with Gasteiger partial charge in [0.1, 0.15) is 0 Å². The summed E-state index contributed by atoms with van der Waals surface area (Å²) in [6.07, 6.45) is 0. The van der Waals surface area contributed by atoms with Gasteiger partial charge in [0, 0.05) is 22.3 Å². The van der Waals surface area contributed by atoms with Crippen molar-refractivity contribution >= 4 is 45.6 Å². The number of carbonyl (C=O) groups is 4. The Morgan fingerprint density at radius 1 is 0.361 bits per heavy atom. The number of hydrogen-bond donors (Lipinski definition) is 0. The van der Waals surface area contributed by atoms with Crippen LogP contribution < -0.4 is 0 Å². The summed E-state index contributed by atoms with van der Waals surface area (Å²) in [5.41, 5.74) is 1.19. The summed E-state index contributed by atoms with van der Waals surface area (Å²) in [6, 6.07) is 33.4. The summed E-state index contributed by atoms with van der Waals surface area (Å²) in [6.45, 7) is 0. The van der Waals surface area contributed by atoms with Gasteiger partial charge in [0.05, 0.1) is 22.0 Å². The molecule has 0 saturated carbocycles. The van der Waals surface area contributed by atoms with Crippen LogP contribution in [-0.4, -0.2) is 32.2 Å². The van der Waals surface area contributed by atoms with Crippen LogP contribution >= 0.6 is 22.0 Å². The molecule has 0 unspecified atom stereocenters. The number of amides is 4. The fourth-order valence-corrected chi connectivity index (χ4v) is 5.22.